The Labute approximate surface area is 154 Å². The van der Waals surface area contributed by atoms with Gasteiger partial charge in [-0.2, -0.15) is 0 Å². The zero-order valence-corrected chi connectivity index (χ0v) is 15.0. The number of amides is 1. The van der Waals surface area contributed by atoms with Gasteiger partial charge in [-0.1, -0.05) is 60.7 Å². The molecule has 1 N–H and O–H groups in total. The highest BCUT2D eigenvalue weighted by atomic mass is 16.6. The molecule has 1 heterocycles. The van der Waals surface area contributed by atoms with Gasteiger partial charge < -0.3 is 19.7 Å². The number of rotatable bonds is 7. The van der Waals surface area contributed by atoms with E-state index in [1.165, 1.54) is 5.56 Å². The number of carbonyl (C=O) groups excluding carboxylic acids is 1. The fraction of sp³-hybridized carbons (Fsp3) is 0.381. The highest BCUT2D eigenvalue weighted by Gasteiger charge is 2.24. The SMILES string of the molecule is O=C(OCc1ccccc1)N1CCOC(CNCCc2ccccc2)C1. The van der Waals surface area contributed by atoms with E-state index < -0.39 is 0 Å². The number of ether oxygens (including phenoxy) is 2. The summed E-state index contributed by atoms with van der Waals surface area (Å²) in [6, 6.07) is 20.1. The minimum absolute atomic E-state index is 0.00352. The summed E-state index contributed by atoms with van der Waals surface area (Å²) in [5, 5.41) is 3.42. The van der Waals surface area contributed by atoms with Crippen LogP contribution in [0.15, 0.2) is 60.7 Å². The average molecular weight is 354 g/mol. The molecule has 0 aliphatic carbocycles. The molecule has 0 aromatic heterocycles. The zero-order chi connectivity index (χ0) is 18.0. The lowest BCUT2D eigenvalue weighted by molar-refractivity contribution is -0.0269. The third kappa shape index (κ3) is 5.86. The highest BCUT2D eigenvalue weighted by molar-refractivity contribution is 5.67. The molecular weight excluding hydrogens is 328 g/mol. The third-order valence-corrected chi connectivity index (χ3v) is 4.41. The standard InChI is InChI=1S/C21H26N2O3/c24-21(26-17-19-9-5-2-6-10-19)23-13-14-25-20(16-23)15-22-12-11-18-7-3-1-4-8-18/h1-10,20,22H,11-17H2. The molecule has 0 bridgehead atoms. The molecule has 1 fully saturated rings. The summed E-state index contributed by atoms with van der Waals surface area (Å²) in [5.41, 5.74) is 2.31. The number of hydrogen-bond acceptors (Lipinski definition) is 4. The normalized spacial score (nSPS) is 17.1. The molecule has 1 aliphatic rings. The second-order valence-electron chi connectivity index (χ2n) is 6.42. The maximum absolute atomic E-state index is 12.3. The summed E-state index contributed by atoms with van der Waals surface area (Å²) in [4.78, 5) is 14.0. The lowest BCUT2D eigenvalue weighted by Crippen LogP contribution is -2.49. The van der Waals surface area contributed by atoms with Crippen LogP contribution in [0.4, 0.5) is 4.79 Å². The zero-order valence-electron chi connectivity index (χ0n) is 15.0. The van der Waals surface area contributed by atoms with Gasteiger partial charge in [0.2, 0.25) is 0 Å². The Bertz CT molecular complexity index is 663. The molecule has 1 unspecified atom stereocenters. The van der Waals surface area contributed by atoms with E-state index >= 15 is 0 Å². The van der Waals surface area contributed by atoms with Gasteiger partial charge in [0, 0.05) is 13.1 Å². The van der Waals surface area contributed by atoms with E-state index in [2.05, 4.69) is 29.6 Å². The number of hydrogen-bond donors (Lipinski definition) is 1. The largest absolute Gasteiger partial charge is 0.445 e. The molecule has 0 saturated carbocycles. The van der Waals surface area contributed by atoms with Gasteiger partial charge in [-0.05, 0) is 24.1 Å². The van der Waals surface area contributed by atoms with Gasteiger partial charge in [-0.25, -0.2) is 4.79 Å². The van der Waals surface area contributed by atoms with E-state index in [4.69, 9.17) is 9.47 Å². The molecule has 138 valence electrons. The average Bonchev–Trinajstić information content (AvgIpc) is 2.71. The minimum atomic E-state index is -0.272. The second-order valence-corrected chi connectivity index (χ2v) is 6.42. The maximum Gasteiger partial charge on any atom is 0.410 e. The Balaban J connectivity index is 1.36. The van der Waals surface area contributed by atoms with Gasteiger partial charge in [-0.3, -0.25) is 0 Å². The first-order valence-corrected chi connectivity index (χ1v) is 9.13. The molecule has 0 radical (unpaired) electrons. The predicted molar refractivity (Wildman–Crippen MR) is 101 cm³/mol. The summed E-state index contributed by atoms with van der Waals surface area (Å²) in [6.07, 6.45) is 0.714. The van der Waals surface area contributed by atoms with Crippen molar-refractivity contribution in [2.45, 2.75) is 19.1 Å². The number of nitrogens with zero attached hydrogens (tertiary/aromatic N) is 1. The Morgan fingerprint density at radius 3 is 2.50 bits per heavy atom. The molecule has 5 heteroatoms. The van der Waals surface area contributed by atoms with Crippen molar-refractivity contribution >= 4 is 6.09 Å². The fourth-order valence-corrected chi connectivity index (χ4v) is 2.96. The molecule has 0 spiro atoms. The molecule has 1 atom stereocenters. The highest BCUT2D eigenvalue weighted by Crippen LogP contribution is 2.09. The van der Waals surface area contributed by atoms with Gasteiger partial charge >= 0.3 is 6.09 Å². The molecule has 5 nitrogen and oxygen atoms in total. The maximum atomic E-state index is 12.3. The summed E-state index contributed by atoms with van der Waals surface area (Å²) in [7, 11) is 0. The molecule has 3 rings (SSSR count). The van der Waals surface area contributed by atoms with Crippen molar-refractivity contribution in [1.29, 1.82) is 0 Å². The van der Waals surface area contributed by atoms with Crippen molar-refractivity contribution in [3.8, 4) is 0 Å². The fourth-order valence-electron chi connectivity index (χ4n) is 2.96. The van der Waals surface area contributed by atoms with Gasteiger partial charge in [-0.15, -0.1) is 0 Å². The summed E-state index contributed by atoms with van der Waals surface area (Å²) < 4.78 is 11.2. The number of nitrogens with one attached hydrogen (secondary N) is 1. The molecule has 1 aliphatic heterocycles. The molecule has 26 heavy (non-hydrogen) atoms. The van der Waals surface area contributed by atoms with Crippen molar-refractivity contribution in [1.82, 2.24) is 10.2 Å². The summed E-state index contributed by atoms with van der Waals surface area (Å²) in [5.74, 6) is 0. The van der Waals surface area contributed by atoms with Crippen molar-refractivity contribution in [3.63, 3.8) is 0 Å². The van der Waals surface area contributed by atoms with Crippen LogP contribution in [0.1, 0.15) is 11.1 Å². The van der Waals surface area contributed by atoms with Gasteiger partial charge in [0.25, 0.3) is 0 Å². The Kier molecular flexibility index (Phi) is 7.05. The van der Waals surface area contributed by atoms with E-state index in [9.17, 15) is 4.79 Å². The number of carbonyl (C=O) groups is 1. The van der Waals surface area contributed by atoms with Gasteiger partial charge in [0.15, 0.2) is 0 Å². The van der Waals surface area contributed by atoms with Crippen molar-refractivity contribution in [2.75, 3.05) is 32.8 Å². The van der Waals surface area contributed by atoms with Crippen LogP contribution in [0.5, 0.6) is 0 Å². The Hall–Kier alpha value is -2.37. The number of benzene rings is 2. The van der Waals surface area contributed by atoms with Crippen LogP contribution in [0.25, 0.3) is 0 Å². The van der Waals surface area contributed by atoms with Gasteiger partial charge in [0.05, 0.1) is 19.3 Å². The van der Waals surface area contributed by atoms with Crippen LogP contribution in [-0.4, -0.2) is 49.9 Å². The van der Waals surface area contributed by atoms with Crippen LogP contribution < -0.4 is 5.32 Å². The second kappa shape index (κ2) is 9.94. The summed E-state index contributed by atoms with van der Waals surface area (Å²) >= 11 is 0. The lowest BCUT2D eigenvalue weighted by atomic mass is 10.1. The smallest absolute Gasteiger partial charge is 0.410 e. The molecule has 2 aromatic rings. The van der Waals surface area contributed by atoms with E-state index in [1.807, 2.05) is 36.4 Å². The number of morpholine rings is 1. The summed E-state index contributed by atoms with van der Waals surface area (Å²) in [6.45, 7) is 3.61. The van der Waals surface area contributed by atoms with Crippen LogP contribution in [0.2, 0.25) is 0 Å². The Morgan fingerprint density at radius 2 is 1.77 bits per heavy atom. The predicted octanol–water partition coefficient (Wildman–Crippen LogP) is 2.86. The monoisotopic (exact) mass is 354 g/mol. The quantitative estimate of drug-likeness (QED) is 0.777. The third-order valence-electron chi connectivity index (χ3n) is 4.41. The first-order valence-electron chi connectivity index (χ1n) is 9.13. The van der Waals surface area contributed by atoms with Crippen LogP contribution >= 0.6 is 0 Å². The van der Waals surface area contributed by atoms with Crippen molar-refractivity contribution < 1.29 is 14.3 Å². The van der Waals surface area contributed by atoms with Crippen molar-refractivity contribution in [2.24, 2.45) is 0 Å². The molecule has 1 saturated heterocycles. The Morgan fingerprint density at radius 1 is 1.08 bits per heavy atom. The van der Waals surface area contributed by atoms with Crippen LogP contribution in [0, 0.1) is 0 Å². The first-order chi connectivity index (χ1) is 12.8. The van der Waals surface area contributed by atoms with E-state index in [0.29, 0.717) is 26.3 Å². The molecule has 1 amide bonds. The van der Waals surface area contributed by atoms with Crippen LogP contribution in [-0.2, 0) is 22.5 Å². The lowest BCUT2D eigenvalue weighted by Gasteiger charge is -2.32. The minimum Gasteiger partial charge on any atom is -0.445 e. The van der Waals surface area contributed by atoms with Crippen molar-refractivity contribution in [3.05, 3.63) is 71.8 Å². The van der Waals surface area contributed by atoms with Gasteiger partial charge in [0.1, 0.15) is 6.61 Å². The van der Waals surface area contributed by atoms with E-state index in [-0.39, 0.29) is 12.2 Å². The van der Waals surface area contributed by atoms with E-state index in [0.717, 1.165) is 25.1 Å². The van der Waals surface area contributed by atoms with Crippen LogP contribution in [0.3, 0.4) is 0 Å². The van der Waals surface area contributed by atoms with E-state index in [1.54, 1.807) is 4.90 Å². The topological polar surface area (TPSA) is 50.8 Å². The first kappa shape index (κ1) is 18.4. The molecule has 2 aromatic carbocycles. The molecular formula is C21H26N2O3.